The van der Waals surface area contributed by atoms with Crippen molar-refractivity contribution in [3.05, 3.63) is 80.2 Å². The van der Waals surface area contributed by atoms with Crippen LogP contribution in [0.5, 0.6) is 0 Å². The number of nitro groups is 2. The first-order chi connectivity index (χ1) is 10.8. The van der Waals surface area contributed by atoms with Crippen molar-refractivity contribution >= 4 is 41.6 Å². The molecule has 11 heteroatoms. The first-order valence-corrected chi connectivity index (χ1v) is 11.2. The van der Waals surface area contributed by atoms with Gasteiger partial charge < -0.3 is 11.5 Å². The second kappa shape index (κ2) is 11.6. The molecule has 0 saturated heterocycles. The van der Waals surface area contributed by atoms with Crippen LogP contribution in [0, 0.1) is 20.2 Å². The van der Waals surface area contributed by atoms with Crippen molar-refractivity contribution in [3.8, 4) is 0 Å². The van der Waals surface area contributed by atoms with E-state index >= 15 is 0 Å². The molecule has 2 aromatic carbocycles. The van der Waals surface area contributed by atoms with E-state index in [-0.39, 0.29) is 22.7 Å². The monoisotopic (exact) mass is 539 g/mol. The van der Waals surface area contributed by atoms with Gasteiger partial charge in [0.2, 0.25) is 0 Å². The minimum atomic E-state index is -0.487. The maximum Gasteiger partial charge on any atom is 0.269 e. The van der Waals surface area contributed by atoms with Gasteiger partial charge in [0.1, 0.15) is 0 Å². The Morgan fingerprint density at radius 3 is 1.13 bits per heavy atom. The predicted molar refractivity (Wildman–Crippen MR) is 85.9 cm³/mol. The van der Waals surface area contributed by atoms with Crippen LogP contribution in [0.25, 0.3) is 11.5 Å². The first-order valence-electron chi connectivity index (χ1n) is 5.56. The smallest absolute Gasteiger partial charge is 0.269 e. The molecule has 0 unspecified atom stereocenters. The third kappa shape index (κ3) is 9.67. The summed E-state index contributed by atoms with van der Waals surface area (Å²) in [7, 11) is 9.75. The van der Waals surface area contributed by atoms with Crippen molar-refractivity contribution in [1.82, 2.24) is 0 Å². The van der Waals surface area contributed by atoms with E-state index in [2.05, 4.69) is 0 Å². The van der Waals surface area contributed by atoms with Crippen LogP contribution in [-0.2, 0) is 16.5 Å². The van der Waals surface area contributed by atoms with Crippen molar-refractivity contribution in [2.75, 3.05) is 0 Å². The van der Waals surface area contributed by atoms with Crippen LogP contribution < -0.4 is 0 Å². The third-order valence-electron chi connectivity index (χ3n) is 2.16. The molecular formula is C12H10Cl2N4O4Pt. The van der Waals surface area contributed by atoms with Gasteiger partial charge in [-0.2, -0.15) is 0 Å². The van der Waals surface area contributed by atoms with E-state index in [9.17, 15) is 20.2 Å². The Bertz CT molecular complexity index is 570. The van der Waals surface area contributed by atoms with Crippen molar-refractivity contribution < 1.29 is 26.3 Å². The zero-order valence-electron chi connectivity index (χ0n) is 11.2. The Kier molecular flexibility index (Phi) is 10.7. The molecule has 0 bridgehead atoms. The van der Waals surface area contributed by atoms with Gasteiger partial charge in [0.15, 0.2) is 0 Å². The molecule has 23 heavy (non-hydrogen) atoms. The largest absolute Gasteiger partial charge is 0.699 e. The van der Waals surface area contributed by atoms with Crippen molar-refractivity contribution in [1.29, 1.82) is 0 Å². The Labute approximate surface area is 148 Å². The quantitative estimate of drug-likeness (QED) is 0.345. The number of halogens is 2. The van der Waals surface area contributed by atoms with Crippen LogP contribution in [0.15, 0.2) is 48.5 Å². The zero-order chi connectivity index (χ0) is 17.8. The number of rotatable bonds is 2. The molecule has 0 fully saturated rings. The SMILES string of the molecule is [Cl][Pt+2][Cl].[NH-]c1ccc([N+](=O)[O-])cc1.[NH-]c1ccc([N+](=O)[O-])cc1. The summed E-state index contributed by atoms with van der Waals surface area (Å²) in [4.78, 5) is 19.1. The molecular weight excluding hydrogens is 530 g/mol. The van der Waals surface area contributed by atoms with E-state index in [0.29, 0.717) is 0 Å². The van der Waals surface area contributed by atoms with E-state index in [1.807, 2.05) is 0 Å². The van der Waals surface area contributed by atoms with Gasteiger partial charge in [-0.15, -0.1) is 11.4 Å². The van der Waals surface area contributed by atoms with E-state index in [1.165, 1.54) is 48.5 Å². The molecule has 0 spiro atoms. The molecule has 8 nitrogen and oxygen atoms in total. The fourth-order valence-electron chi connectivity index (χ4n) is 1.17. The summed E-state index contributed by atoms with van der Waals surface area (Å²) in [5.41, 5.74) is 14.6. The topological polar surface area (TPSA) is 134 Å². The van der Waals surface area contributed by atoms with E-state index in [4.69, 9.17) is 30.3 Å². The third-order valence-corrected chi connectivity index (χ3v) is 2.16. The predicted octanol–water partition coefficient (Wildman–Crippen LogP) is 5.93. The maximum absolute atomic E-state index is 10.1. The van der Waals surface area contributed by atoms with Gasteiger partial charge >= 0.3 is 35.3 Å². The van der Waals surface area contributed by atoms with Crippen LogP contribution in [0.3, 0.4) is 0 Å². The van der Waals surface area contributed by atoms with Crippen molar-refractivity contribution in [2.24, 2.45) is 0 Å². The van der Waals surface area contributed by atoms with Crippen LogP contribution in [0.4, 0.5) is 22.7 Å². The number of nitro benzene ring substituents is 2. The van der Waals surface area contributed by atoms with E-state index in [0.717, 1.165) is 0 Å². The van der Waals surface area contributed by atoms with Gasteiger partial charge in [-0.3, -0.25) is 20.2 Å². The van der Waals surface area contributed by atoms with Gasteiger partial charge in [-0.05, 0) is 0 Å². The number of non-ortho nitro benzene ring substituents is 2. The normalized spacial score (nSPS) is 8.96. The summed E-state index contributed by atoms with van der Waals surface area (Å²) < 4.78 is 0. The molecule has 0 atom stereocenters. The first kappa shape index (κ1) is 21.1. The van der Waals surface area contributed by atoms with Crippen molar-refractivity contribution in [3.63, 3.8) is 0 Å². The second-order valence-electron chi connectivity index (χ2n) is 3.65. The van der Waals surface area contributed by atoms with Crippen LogP contribution in [0.1, 0.15) is 0 Å². The summed E-state index contributed by atoms with van der Waals surface area (Å²) in [6.45, 7) is 0. The Hall–Kier alpha value is -1.89. The fourth-order valence-corrected chi connectivity index (χ4v) is 1.17. The van der Waals surface area contributed by atoms with Crippen LogP contribution >= 0.6 is 18.8 Å². The number of hydrogen-bond donors (Lipinski definition) is 0. The molecule has 2 rings (SSSR count). The molecule has 2 N–H and O–H groups in total. The van der Waals surface area contributed by atoms with Gasteiger partial charge in [-0.25, -0.2) is 0 Å². The molecule has 126 valence electrons. The Morgan fingerprint density at radius 2 is 0.957 bits per heavy atom. The number of nitrogens with zero attached hydrogens (tertiary/aromatic N) is 2. The molecule has 0 aromatic heterocycles. The number of hydrogen-bond acceptors (Lipinski definition) is 4. The fraction of sp³-hybridized carbons (Fsp3) is 0. The summed E-state index contributed by atoms with van der Waals surface area (Å²) in [6, 6.07) is 10.8. The van der Waals surface area contributed by atoms with Gasteiger partial charge in [0.05, 0.1) is 9.85 Å². The van der Waals surface area contributed by atoms with Crippen molar-refractivity contribution in [2.45, 2.75) is 0 Å². The second-order valence-corrected chi connectivity index (χ2v) is 6.94. The van der Waals surface area contributed by atoms with E-state index < -0.39 is 26.3 Å². The number of benzene rings is 2. The average molecular weight is 540 g/mol. The number of nitrogens with one attached hydrogen (secondary N) is 2. The van der Waals surface area contributed by atoms with Crippen LogP contribution in [-0.4, -0.2) is 9.85 Å². The summed E-state index contributed by atoms with van der Waals surface area (Å²) in [5.74, 6) is 0. The molecule has 0 radical (unpaired) electrons. The Balaban J connectivity index is 0.000000360. The van der Waals surface area contributed by atoms with Gasteiger partial charge in [-0.1, -0.05) is 24.3 Å². The van der Waals surface area contributed by atoms with E-state index in [1.54, 1.807) is 0 Å². The molecule has 0 aliphatic carbocycles. The Morgan fingerprint density at radius 1 is 0.739 bits per heavy atom. The standard InChI is InChI=1S/2C6H5N2O2.2ClH.Pt/c2*7-5-1-3-6(4-2-5)8(9)10;;;/h2*1-4,7H;2*1H;/q2*-1;;;+4/p-2. The van der Waals surface area contributed by atoms with Gasteiger partial charge in [0, 0.05) is 24.3 Å². The molecule has 0 aliphatic heterocycles. The molecule has 2 aromatic rings. The summed E-state index contributed by atoms with van der Waals surface area (Å²) >= 11 is -0.472. The summed E-state index contributed by atoms with van der Waals surface area (Å²) in [5, 5.41) is 20.1. The summed E-state index contributed by atoms with van der Waals surface area (Å²) in [6.07, 6.45) is 0. The minimum Gasteiger partial charge on any atom is -0.699 e. The zero-order valence-corrected chi connectivity index (χ0v) is 15.0. The minimum absolute atomic E-state index is 0.0241. The molecule has 0 heterocycles. The molecule has 0 saturated carbocycles. The maximum atomic E-state index is 10.1. The molecule has 0 aliphatic rings. The average Bonchev–Trinajstić information content (AvgIpc) is 2.49. The van der Waals surface area contributed by atoms with Crippen LogP contribution in [0.2, 0.25) is 0 Å². The van der Waals surface area contributed by atoms with Gasteiger partial charge in [0.25, 0.3) is 11.4 Å². The molecule has 0 amide bonds.